The molecule has 0 radical (unpaired) electrons. The van der Waals surface area contributed by atoms with E-state index in [-0.39, 0.29) is 17.3 Å². The zero-order valence-corrected chi connectivity index (χ0v) is 16.6. The minimum Gasteiger partial charge on any atom is -0.497 e. The zero-order valence-electron chi connectivity index (χ0n) is 15.9. The minimum absolute atomic E-state index is 0.00117. The van der Waals surface area contributed by atoms with E-state index < -0.39 is 4.92 Å². The molecule has 0 spiro atoms. The van der Waals surface area contributed by atoms with Crippen molar-refractivity contribution in [3.8, 4) is 11.5 Å². The van der Waals surface area contributed by atoms with E-state index in [1.54, 1.807) is 36.4 Å². The van der Waals surface area contributed by atoms with Gasteiger partial charge in [-0.1, -0.05) is 17.7 Å². The van der Waals surface area contributed by atoms with Crippen molar-refractivity contribution in [3.63, 3.8) is 0 Å². The highest BCUT2D eigenvalue weighted by Crippen LogP contribution is 2.37. The molecule has 0 fully saturated rings. The number of ether oxygens (including phenoxy) is 2. The molecule has 2 N–H and O–H groups in total. The summed E-state index contributed by atoms with van der Waals surface area (Å²) in [5.74, 6) is 1.05. The summed E-state index contributed by atoms with van der Waals surface area (Å²) in [7, 11) is 3.02. The Labute approximate surface area is 171 Å². The lowest BCUT2D eigenvalue weighted by Gasteiger charge is -2.14. The van der Waals surface area contributed by atoms with E-state index in [0.29, 0.717) is 27.9 Å². The van der Waals surface area contributed by atoms with Crippen molar-refractivity contribution in [1.82, 2.24) is 9.97 Å². The first-order valence-electron chi connectivity index (χ1n) is 8.44. The SMILES string of the molecule is COc1ccc(OC)c(Nc2ncnc(Nc3cc(Cl)ccc3C)c2[N+](=O)[O-])c1. The Morgan fingerprint density at radius 1 is 1.00 bits per heavy atom. The van der Waals surface area contributed by atoms with Crippen molar-refractivity contribution in [2.75, 3.05) is 24.9 Å². The van der Waals surface area contributed by atoms with Gasteiger partial charge in [0.25, 0.3) is 0 Å². The van der Waals surface area contributed by atoms with Crippen LogP contribution in [0.25, 0.3) is 0 Å². The molecule has 2 aromatic carbocycles. The molecule has 1 heterocycles. The van der Waals surface area contributed by atoms with Crippen molar-refractivity contribution in [2.24, 2.45) is 0 Å². The summed E-state index contributed by atoms with van der Waals surface area (Å²) in [6.45, 7) is 1.85. The fraction of sp³-hybridized carbons (Fsp3) is 0.158. The molecule has 0 saturated carbocycles. The molecule has 3 rings (SSSR count). The highest BCUT2D eigenvalue weighted by Gasteiger charge is 2.24. The van der Waals surface area contributed by atoms with Crippen LogP contribution in [0.2, 0.25) is 5.02 Å². The van der Waals surface area contributed by atoms with Crippen LogP contribution in [0.3, 0.4) is 0 Å². The first-order chi connectivity index (χ1) is 13.9. The standard InChI is InChI=1S/C19H18ClN5O4/c1-11-4-5-12(20)8-14(11)23-18-17(25(26)27)19(22-10-21-18)24-15-9-13(28-2)6-7-16(15)29-3/h4-10H,1-3H3,(H2,21,22,23,24). The molecule has 0 atom stereocenters. The lowest BCUT2D eigenvalue weighted by atomic mass is 10.2. The van der Waals surface area contributed by atoms with Crippen LogP contribution in [0.1, 0.15) is 5.56 Å². The lowest BCUT2D eigenvalue weighted by Crippen LogP contribution is -2.06. The molecule has 10 heteroatoms. The van der Waals surface area contributed by atoms with Crippen LogP contribution in [0.15, 0.2) is 42.7 Å². The van der Waals surface area contributed by atoms with Gasteiger partial charge >= 0.3 is 5.69 Å². The summed E-state index contributed by atoms with van der Waals surface area (Å²) in [4.78, 5) is 19.3. The normalized spacial score (nSPS) is 10.3. The maximum atomic E-state index is 11.8. The summed E-state index contributed by atoms with van der Waals surface area (Å²) in [6, 6.07) is 10.3. The molecule has 0 aliphatic rings. The van der Waals surface area contributed by atoms with Gasteiger partial charge in [0.05, 0.1) is 24.8 Å². The number of benzene rings is 2. The van der Waals surface area contributed by atoms with Crippen molar-refractivity contribution in [3.05, 3.63) is 63.4 Å². The quantitative estimate of drug-likeness (QED) is 0.416. The number of hydrogen-bond donors (Lipinski definition) is 2. The van der Waals surface area contributed by atoms with Crippen molar-refractivity contribution in [2.45, 2.75) is 6.92 Å². The predicted octanol–water partition coefficient (Wildman–Crippen LogP) is 4.85. The van der Waals surface area contributed by atoms with E-state index in [2.05, 4.69) is 20.6 Å². The van der Waals surface area contributed by atoms with Gasteiger partial charge in [-0.3, -0.25) is 10.1 Å². The van der Waals surface area contributed by atoms with E-state index >= 15 is 0 Å². The maximum Gasteiger partial charge on any atom is 0.353 e. The molecule has 29 heavy (non-hydrogen) atoms. The number of nitrogens with one attached hydrogen (secondary N) is 2. The molecule has 9 nitrogen and oxygen atoms in total. The number of aryl methyl sites for hydroxylation is 1. The lowest BCUT2D eigenvalue weighted by molar-refractivity contribution is -0.383. The Hall–Kier alpha value is -3.59. The van der Waals surface area contributed by atoms with Gasteiger partial charge in [-0.05, 0) is 36.8 Å². The number of rotatable bonds is 7. The van der Waals surface area contributed by atoms with Gasteiger partial charge in [0, 0.05) is 16.8 Å². The minimum atomic E-state index is -0.558. The highest BCUT2D eigenvalue weighted by atomic mass is 35.5. The van der Waals surface area contributed by atoms with Crippen LogP contribution >= 0.6 is 11.6 Å². The van der Waals surface area contributed by atoms with Gasteiger partial charge in [0.15, 0.2) is 0 Å². The number of nitrogens with zero attached hydrogens (tertiary/aromatic N) is 3. The smallest absolute Gasteiger partial charge is 0.353 e. The third kappa shape index (κ3) is 4.46. The van der Waals surface area contributed by atoms with Gasteiger partial charge < -0.3 is 20.1 Å². The van der Waals surface area contributed by atoms with E-state index in [0.717, 1.165) is 5.56 Å². The van der Waals surface area contributed by atoms with E-state index in [1.165, 1.54) is 20.5 Å². The third-order valence-corrected chi connectivity index (χ3v) is 4.35. The third-order valence-electron chi connectivity index (χ3n) is 4.12. The van der Waals surface area contributed by atoms with Gasteiger partial charge in [-0.25, -0.2) is 9.97 Å². The molecule has 0 aliphatic carbocycles. The van der Waals surface area contributed by atoms with Crippen molar-refractivity contribution in [1.29, 1.82) is 0 Å². The van der Waals surface area contributed by atoms with Crippen LogP contribution in [0.5, 0.6) is 11.5 Å². The Morgan fingerprint density at radius 2 is 1.69 bits per heavy atom. The Kier molecular flexibility index (Phi) is 5.99. The number of hydrogen-bond acceptors (Lipinski definition) is 8. The first-order valence-corrected chi connectivity index (χ1v) is 8.82. The first kappa shape index (κ1) is 20.2. The summed E-state index contributed by atoms with van der Waals surface area (Å²) in [5, 5.41) is 18.2. The molecule has 0 saturated heterocycles. The van der Waals surface area contributed by atoms with E-state index in [4.69, 9.17) is 21.1 Å². The monoisotopic (exact) mass is 415 g/mol. The van der Waals surface area contributed by atoms with Crippen LogP contribution in [0.4, 0.5) is 28.7 Å². The van der Waals surface area contributed by atoms with E-state index in [1.807, 2.05) is 6.92 Å². The fourth-order valence-corrected chi connectivity index (χ4v) is 2.80. The maximum absolute atomic E-state index is 11.8. The number of anilines is 4. The zero-order chi connectivity index (χ0) is 21.0. The molecule has 0 amide bonds. The Balaban J connectivity index is 2.04. The summed E-state index contributed by atoms with van der Waals surface area (Å²) >= 11 is 6.04. The number of halogens is 1. The van der Waals surface area contributed by atoms with Crippen molar-refractivity contribution >= 4 is 40.3 Å². The second kappa shape index (κ2) is 8.61. The van der Waals surface area contributed by atoms with Crippen LogP contribution in [-0.4, -0.2) is 29.1 Å². The van der Waals surface area contributed by atoms with Gasteiger partial charge in [-0.2, -0.15) is 0 Å². The topological polar surface area (TPSA) is 111 Å². The number of nitro groups is 1. The predicted molar refractivity (Wildman–Crippen MR) is 111 cm³/mol. The molecule has 3 aromatic rings. The second-order valence-corrected chi connectivity index (χ2v) is 6.39. The Bertz CT molecular complexity index is 1060. The van der Waals surface area contributed by atoms with E-state index in [9.17, 15) is 10.1 Å². The summed E-state index contributed by atoms with van der Waals surface area (Å²) in [5.41, 5.74) is 1.59. The molecule has 1 aromatic heterocycles. The molecular weight excluding hydrogens is 398 g/mol. The summed E-state index contributed by atoms with van der Waals surface area (Å²) < 4.78 is 10.5. The fourth-order valence-electron chi connectivity index (χ4n) is 2.63. The second-order valence-electron chi connectivity index (χ2n) is 5.95. The average Bonchev–Trinajstić information content (AvgIpc) is 2.70. The van der Waals surface area contributed by atoms with Gasteiger partial charge in [-0.15, -0.1) is 0 Å². The largest absolute Gasteiger partial charge is 0.497 e. The molecule has 0 unspecified atom stereocenters. The molecular formula is C19H18ClN5O4. The van der Waals surface area contributed by atoms with Gasteiger partial charge in [0.1, 0.15) is 17.8 Å². The van der Waals surface area contributed by atoms with Crippen LogP contribution < -0.4 is 20.1 Å². The molecule has 150 valence electrons. The Morgan fingerprint density at radius 3 is 2.31 bits per heavy atom. The molecule has 0 bridgehead atoms. The number of methoxy groups -OCH3 is 2. The van der Waals surface area contributed by atoms with Gasteiger partial charge in [0.2, 0.25) is 11.6 Å². The van der Waals surface area contributed by atoms with Crippen LogP contribution in [-0.2, 0) is 0 Å². The number of aromatic nitrogens is 2. The highest BCUT2D eigenvalue weighted by molar-refractivity contribution is 6.30. The average molecular weight is 416 g/mol. The van der Waals surface area contributed by atoms with Crippen molar-refractivity contribution < 1.29 is 14.4 Å². The van der Waals surface area contributed by atoms with Crippen LogP contribution in [0, 0.1) is 17.0 Å². The molecule has 0 aliphatic heterocycles. The summed E-state index contributed by atoms with van der Waals surface area (Å²) in [6.07, 6.45) is 1.23.